The fourth-order valence-electron chi connectivity index (χ4n) is 6.95. The number of halogens is 4. The van der Waals surface area contributed by atoms with Crippen LogP contribution in [0.25, 0.3) is 0 Å². The molecular weight excluding hydrogens is 1040 g/mol. The molecule has 0 aromatic carbocycles. The van der Waals surface area contributed by atoms with E-state index in [1.807, 2.05) is 53.7 Å². The van der Waals surface area contributed by atoms with E-state index >= 15 is 0 Å². The SMILES string of the molecule is C1CCOC1.CC(C)(C)[S@@](N)=O.CC(C)(C)[S@](=O)C[C@H](C#N)CCC(F)(F)CCCCc1ccc2c(n1)CCCC2.CCO.CCO.CCO.CCO.O=CCCC(F)(F)CCCCc1ccc2c(n1)CCCC2.[Ti]. The Morgan fingerprint density at radius 3 is 1.35 bits per heavy atom. The number of aliphatic hydroxyl groups excluding tert-OH is 4. The predicted molar refractivity (Wildman–Crippen MR) is 296 cm³/mol. The minimum atomic E-state index is -2.78. The van der Waals surface area contributed by atoms with Crippen LogP contribution in [0.15, 0.2) is 24.3 Å². The number of nitrogens with two attached hydrogens (primary N) is 1. The van der Waals surface area contributed by atoms with Crippen LogP contribution in [0.1, 0.15) is 206 Å². The Bertz CT molecular complexity index is 1780. The topological polar surface area (TPSA) is 217 Å². The van der Waals surface area contributed by atoms with E-state index in [1.165, 1.54) is 61.0 Å². The molecule has 2 aromatic rings. The van der Waals surface area contributed by atoms with Crippen LogP contribution >= 0.6 is 0 Å². The summed E-state index contributed by atoms with van der Waals surface area (Å²) >= 11 is 0. The monoisotopic (exact) mass is 1140 g/mol. The number of fused-ring (bicyclic) bond motifs is 2. The van der Waals surface area contributed by atoms with E-state index < -0.39 is 44.3 Å². The smallest absolute Gasteiger partial charge is 0.248 e. The Labute approximate surface area is 470 Å². The van der Waals surface area contributed by atoms with E-state index in [9.17, 15) is 36.0 Å². The molecule has 3 atom stereocenters. The van der Waals surface area contributed by atoms with Crippen LogP contribution in [0.3, 0.4) is 0 Å². The summed E-state index contributed by atoms with van der Waals surface area (Å²) in [5, 5.41) is 44.5. The Balaban J connectivity index is -0.000000472. The zero-order valence-corrected chi connectivity index (χ0v) is 50.8. The molecule has 0 radical (unpaired) electrons. The summed E-state index contributed by atoms with van der Waals surface area (Å²) in [5.41, 5.74) is 7.11. The van der Waals surface area contributed by atoms with Crippen molar-refractivity contribution in [3.05, 3.63) is 58.2 Å². The largest absolute Gasteiger partial charge is 0.397 e. The van der Waals surface area contributed by atoms with Gasteiger partial charge in [-0.1, -0.05) is 12.1 Å². The average molecular weight is 1150 g/mol. The Hall–Kier alpha value is -2.05. The first-order valence-corrected chi connectivity index (χ1v) is 29.4. The number of unbranched alkanes of at least 4 members (excludes halogenated alkanes) is 2. The molecule has 3 heterocycles. The number of aliphatic hydroxyl groups is 4. The minimum Gasteiger partial charge on any atom is -0.397 e. The number of pyridine rings is 2. The first kappa shape index (κ1) is 79.4. The maximum atomic E-state index is 14.2. The molecule has 1 saturated heterocycles. The summed E-state index contributed by atoms with van der Waals surface area (Å²) in [6, 6.07) is 10.4. The van der Waals surface area contributed by atoms with Crippen molar-refractivity contribution in [1.29, 1.82) is 5.26 Å². The number of nitriles is 1. The number of ether oxygens (including phenoxy) is 1. The molecule has 19 heteroatoms. The minimum absolute atomic E-state index is 0. The fourth-order valence-corrected chi connectivity index (χ4v) is 8.05. The van der Waals surface area contributed by atoms with Crippen LogP contribution in [-0.2, 0) is 91.6 Å². The van der Waals surface area contributed by atoms with Gasteiger partial charge in [0.05, 0.1) is 27.7 Å². The number of alkyl halides is 4. The molecule has 1 fully saturated rings. The quantitative estimate of drug-likeness (QED) is 0.0409. The van der Waals surface area contributed by atoms with Gasteiger partial charge in [-0.15, -0.1) is 0 Å². The second-order valence-corrected chi connectivity index (χ2v) is 24.1. The van der Waals surface area contributed by atoms with E-state index in [-0.39, 0.29) is 97.2 Å². The molecule has 0 spiro atoms. The third kappa shape index (κ3) is 45.5. The van der Waals surface area contributed by atoms with Crippen LogP contribution in [0.5, 0.6) is 0 Å². The van der Waals surface area contributed by atoms with Crippen molar-refractivity contribution in [2.24, 2.45) is 11.1 Å². The number of hydrogen-bond donors (Lipinski definition) is 5. The fraction of sp³-hybridized carbons (Fsp3) is 0.786. The van der Waals surface area contributed by atoms with Gasteiger partial charge < -0.3 is 30.0 Å². The number of aryl methyl sites for hydroxylation is 6. The molecule has 6 N–H and O–H groups in total. The van der Waals surface area contributed by atoms with Crippen molar-refractivity contribution in [3.8, 4) is 6.07 Å². The van der Waals surface area contributed by atoms with Gasteiger partial charge in [-0.05, 0) is 202 Å². The number of carbonyl (C=O) groups excluding carboxylic acids is 1. The molecule has 12 nitrogen and oxygen atoms in total. The molecule has 5 rings (SSSR count). The van der Waals surface area contributed by atoms with Gasteiger partial charge in [0.15, 0.2) is 0 Å². The maximum absolute atomic E-state index is 14.2. The van der Waals surface area contributed by atoms with Gasteiger partial charge in [0.1, 0.15) is 6.29 Å². The number of aromatic nitrogens is 2. The molecule has 0 amide bonds. The first-order valence-electron chi connectivity index (χ1n) is 26.9. The first-order chi connectivity index (χ1) is 34.8. The van der Waals surface area contributed by atoms with Crippen LogP contribution in [0.2, 0.25) is 0 Å². The summed E-state index contributed by atoms with van der Waals surface area (Å²) in [6.45, 7) is 20.7. The van der Waals surface area contributed by atoms with E-state index in [2.05, 4.69) is 23.2 Å². The molecule has 2 aromatic heterocycles. The maximum Gasteiger partial charge on any atom is 0.248 e. The molecule has 0 unspecified atom stereocenters. The van der Waals surface area contributed by atoms with Crippen LogP contribution in [0, 0.1) is 17.2 Å². The summed E-state index contributed by atoms with van der Waals surface area (Å²) in [4.78, 5) is 19.5. The molecule has 436 valence electrons. The molecule has 3 aliphatic rings. The van der Waals surface area contributed by atoms with Crippen molar-refractivity contribution in [2.45, 2.75) is 232 Å². The van der Waals surface area contributed by atoms with Gasteiger partial charge in [0.25, 0.3) is 0 Å². The third-order valence-corrected chi connectivity index (χ3v) is 14.3. The third-order valence-electron chi connectivity index (χ3n) is 11.1. The number of rotatable bonds is 18. The van der Waals surface area contributed by atoms with Crippen LogP contribution in [-0.4, -0.2) is 112 Å². The number of nitrogens with zero attached hydrogens (tertiary/aromatic N) is 3. The molecule has 75 heavy (non-hydrogen) atoms. The van der Waals surface area contributed by atoms with Gasteiger partial charge >= 0.3 is 0 Å². The zero-order chi connectivity index (χ0) is 57.1. The van der Waals surface area contributed by atoms with Gasteiger partial charge in [-0.25, -0.2) is 21.8 Å². The van der Waals surface area contributed by atoms with Gasteiger partial charge in [-0.2, -0.15) is 5.26 Å². The Kier molecular flexibility index (Phi) is 50.7. The summed E-state index contributed by atoms with van der Waals surface area (Å²) in [5.74, 6) is -5.90. The van der Waals surface area contributed by atoms with Crippen LogP contribution < -0.4 is 5.14 Å². The van der Waals surface area contributed by atoms with E-state index in [4.69, 9.17) is 35.3 Å². The second kappa shape index (κ2) is 47.9. The average Bonchev–Trinajstić information content (AvgIpc) is 3.94. The molecule has 0 saturated carbocycles. The Morgan fingerprint density at radius 1 is 0.653 bits per heavy atom. The summed E-state index contributed by atoms with van der Waals surface area (Å²) in [7, 11) is -2.38. The Morgan fingerprint density at radius 2 is 1.03 bits per heavy atom. The molecule has 1 aliphatic heterocycles. The number of hydrogen-bond acceptors (Lipinski definition) is 11. The van der Waals surface area contributed by atoms with Crippen molar-refractivity contribution in [1.82, 2.24) is 9.97 Å². The summed E-state index contributed by atoms with van der Waals surface area (Å²) < 4.78 is 82.0. The van der Waals surface area contributed by atoms with Gasteiger partial charge in [0, 0.05) is 138 Å². The number of carbonyl (C=O) groups is 1. The van der Waals surface area contributed by atoms with Crippen molar-refractivity contribution < 1.29 is 77.7 Å². The van der Waals surface area contributed by atoms with Crippen molar-refractivity contribution in [2.75, 3.05) is 45.4 Å². The van der Waals surface area contributed by atoms with E-state index in [0.717, 1.165) is 69.5 Å². The standard InChI is InChI=1S/C23H34F2N2OS.C17H23F2NO.C4H11NOS.C4H8O.4C2H6O.Ti/c1-22(2,3)29(28)17-18(16-26)13-15-23(24,25)14-7-6-9-20-12-11-19-8-4-5-10-21(19)27-20;18-17(19,12-5-13-21)11-4-3-7-15-10-9-14-6-1-2-8-16(14)20-15;1-4(2,3)7(5)6;1-2-4-5-3-1;4*1-2-3;/h11-12,18H,4-10,13-15,17H2,1-3H3;9-10,13H,1-8,11-12H2;5H2,1-3H3;1-4H2;4*3H,2H2,1H3;/t18-,29+;;7-;;;;;;/m0.0....../s1. The van der Waals surface area contributed by atoms with Crippen LogP contribution in [0.4, 0.5) is 17.6 Å². The van der Waals surface area contributed by atoms with E-state index in [0.29, 0.717) is 25.5 Å². The second-order valence-electron chi connectivity index (χ2n) is 20.0. The molecule has 0 bridgehead atoms. The predicted octanol–water partition coefficient (Wildman–Crippen LogP) is 11.3. The normalized spacial score (nSPS) is 14.7. The van der Waals surface area contributed by atoms with Crippen molar-refractivity contribution in [3.63, 3.8) is 0 Å². The van der Waals surface area contributed by atoms with E-state index in [1.54, 1.807) is 27.7 Å². The zero-order valence-electron chi connectivity index (χ0n) is 47.6. The summed E-state index contributed by atoms with van der Waals surface area (Å²) in [6.07, 6.45) is 15.2. The van der Waals surface area contributed by atoms with Crippen molar-refractivity contribution >= 4 is 28.1 Å². The van der Waals surface area contributed by atoms with Gasteiger partial charge in [-0.3, -0.25) is 19.3 Å². The molecule has 2 aliphatic carbocycles. The number of aldehydes is 1. The molecular formula is C56H100F4N4O8S2Ti. The van der Waals surface area contributed by atoms with Gasteiger partial charge in [0.2, 0.25) is 11.8 Å².